The van der Waals surface area contributed by atoms with Crippen LogP contribution in [0.2, 0.25) is 0 Å². The maximum atomic E-state index is 4.31. The first kappa shape index (κ1) is 9.27. The van der Waals surface area contributed by atoms with Crippen molar-refractivity contribution >= 4 is 5.69 Å². The first-order valence-corrected chi connectivity index (χ1v) is 4.97. The maximum absolute atomic E-state index is 4.31. The number of hydrogen-bond donors (Lipinski definition) is 1. The van der Waals surface area contributed by atoms with Gasteiger partial charge in [0.05, 0.1) is 11.7 Å². The van der Waals surface area contributed by atoms with Gasteiger partial charge in [-0.2, -0.15) is 10.2 Å². The molecule has 0 saturated carbocycles. The van der Waals surface area contributed by atoms with Crippen LogP contribution in [0.15, 0.2) is 34.8 Å². The van der Waals surface area contributed by atoms with Crippen LogP contribution in [0.1, 0.15) is 12.8 Å². The first-order valence-electron chi connectivity index (χ1n) is 4.97. The van der Waals surface area contributed by atoms with E-state index in [-0.39, 0.29) is 0 Å². The molecule has 1 aromatic heterocycles. The molecule has 2 rings (SSSR count). The second kappa shape index (κ2) is 4.81. The Balaban J connectivity index is 1.93. The van der Waals surface area contributed by atoms with Gasteiger partial charge in [-0.25, -0.2) is 0 Å². The fourth-order valence-electron chi connectivity index (χ4n) is 1.48. The van der Waals surface area contributed by atoms with E-state index in [4.69, 9.17) is 0 Å². The number of nitrogens with one attached hydrogen (secondary N) is 1. The molecule has 1 saturated heterocycles. The SMILES string of the molecule is c1cc(N=NC2CCNCC2)ccn1. The zero-order valence-electron chi connectivity index (χ0n) is 8.06. The first-order chi connectivity index (χ1) is 6.95. The second-order valence-corrected chi connectivity index (χ2v) is 3.40. The van der Waals surface area contributed by atoms with E-state index in [9.17, 15) is 0 Å². The molecule has 4 heteroatoms. The molecule has 0 bridgehead atoms. The summed E-state index contributed by atoms with van der Waals surface area (Å²) in [4.78, 5) is 3.93. The van der Waals surface area contributed by atoms with Crippen LogP contribution in [0.4, 0.5) is 5.69 Å². The summed E-state index contributed by atoms with van der Waals surface area (Å²) in [7, 11) is 0. The summed E-state index contributed by atoms with van der Waals surface area (Å²) < 4.78 is 0. The molecular formula is C10H14N4. The minimum absolute atomic E-state index is 0.393. The van der Waals surface area contributed by atoms with Crippen molar-refractivity contribution in [3.05, 3.63) is 24.5 Å². The van der Waals surface area contributed by atoms with E-state index < -0.39 is 0 Å². The maximum Gasteiger partial charge on any atom is 0.0883 e. The van der Waals surface area contributed by atoms with Crippen molar-refractivity contribution in [2.24, 2.45) is 10.2 Å². The number of piperidine rings is 1. The number of pyridine rings is 1. The molecule has 0 aliphatic carbocycles. The van der Waals surface area contributed by atoms with E-state index in [0.717, 1.165) is 31.6 Å². The molecule has 74 valence electrons. The summed E-state index contributed by atoms with van der Waals surface area (Å²) >= 11 is 0. The number of azo groups is 1. The second-order valence-electron chi connectivity index (χ2n) is 3.40. The predicted octanol–water partition coefficient (Wildman–Crippen LogP) is 1.92. The highest BCUT2D eigenvalue weighted by molar-refractivity contribution is 5.32. The Morgan fingerprint density at radius 2 is 1.93 bits per heavy atom. The Morgan fingerprint density at radius 3 is 2.64 bits per heavy atom. The molecule has 0 aromatic carbocycles. The Hall–Kier alpha value is -1.29. The summed E-state index contributed by atoms with van der Waals surface area (Å²) in [6, 6.07) is 4.12. The smallest absolute Gasteiger partial charge is 0.0883 e. The molecule has 1 fully saturated rings. The largest absolute Gasteiger partial charge is 0.317 e. The summed E-state index contributed by atoms with van der Waals surface area (Å²) in [5.74, 6) is 0. The molecule has 1 N–H and O–H groups in total. The van der Waals surface area contributed by atoms with Gasteiger partial charge < -0.3 is 5.32 Å². The van der Waals surface area contributed by atoms with Gasteiger partial charge in [0, 0.05) is 12.4 Å². The van der Waals surface area contributed by atoms with Gasteiger partial charge in [-0.1, -0.05) is 0 Å². The zero-order valence-corrected chi connectivity index (χ0v) is 8.06. The van der Waals surface area contributed by atoms with Crippen LogP contribution in [0, 0.1) is 0 Å². The predicted molar refractivity (Wildman–Crippen MR) is 54.6 cm³/mol. The topological polar surface area (TPSA) is 49.6 Å². The van der Waals surface area contributed by atoms with E-state index in [0.29, 0.717) is 6.04 Å². The fourth-order valence-corrected chi connectivity index (χ4v) is 1.48. The number of nitrogens with zero attached hydrogens (tertiary/aromatic N) is 3. The van der Waals surface area contributed by atoms with Crippen LogP contribution in [-0.4, -0.2) is 24.1 Å². The Morgan fingerprint density at radius 1 is 1.21 bits per heavy atom. The Labute approximate surface area is 83.5 Å². The average Bonchev–Trinajstić information content (AvgIpc) is 2.29. The summed E-state index contributed by atoms with van der Waals surface area (Å²) in [5.41, 5.74) is 0.888. The van der Waals surface area contributed by atoms with Crippen LogP contribution in [0.25, 0.3) is 0 Å². The molecular weight excluding hydrogens is 176 g/mol. The minimum Gasteiger partial charge on any atom is -0.317 e. The monoisotopic (exact) mass is 190 g/mol. The Bertz CT molecular complexity index is 290. The summed E-state index contributed by atoms with van der Waals surface area (Å²) in [6.45, 7) is 2.11. The summed E-state index contributed by atoms with van der Waals surface area (Å²) in [6.07, 6.45) is 5.65. The van der Waals surface area contributed by atoms with Crippen molar-refractivity contribution in [1.82, 2.24) is 10.3 Å². The van der Waals surface area contributed by atoms with Gasteiger partial charge in [0.1, 0.15) is 0 Å². The van der Waals surface area contributed by atoms with Gasteiger partial charge >= 0.3 is 0 Å². The average molecular weight is 190 g/mol. The fraction of sp³-hybridized carbons (Fsp3) is 0.500. The third-order valence-corrected chi connectivity index (χ3v) is 2.31. The lowest BCUT2D eigenvalue weighted by molar-refractivity contribution is 0.448. The van der Waals surface area contributed by atoms with Crippen LogP contribution in [-0.2, 0) is 0 Å². The lowest BCUT2D eigenvalue weighted by Crippen LogP contribution is -2.29. The highest BCUT2D eigenvalue weighted by atomic mass is 15.1. The summed E-state index contributed by atoms with van der Waals surface area (Å²) in [5, 5.41) is 11.8. The third-order valence-electron chi connectivity index (χ3n) is 2.31. The van der Waals surface area contributed by atoms with Crippen molar-refractivity contribution in [3.63, 3.8) is 0 Å². The molecule has 2 heterocycles. The third kappa shape index (κ3) is 2.60. The molecule has 1 aliphatic heterocycles. The molecule has 0 amide bonds. The van der Waals surface area contributed by atoms with E-state index in [1.54, 1.807) is 12.4 Å². The highest BCUT2D eigenvalue weighted by Gasteiger charge is 2.10. The van der Waals surface area contributed by atoms with Crippen LogP contribution in [0.5, 0.6) is 0 Å². The standard InChI is InChI=1S/C10H14N4/c1-5-11-6-2-9(1)13-14-10-3-7-12-8-4-10/h1-2,5-6,10,12H,3-4,7-8H2. The molecule has 0 atom stereocenters. The molecule has 0 radical (unpaired) electrons. The van der Waals surface area contributed by atoms with E-state index in [1.165, 1.54) is 0 Å². The van der Waals surface area contributed by atoms with Gasteiger partial charge in [-0.05, 0) is 38.1 Å². The van der Waals surface area contributed by atoms with E-state index in [2.05, 4.69) is 20.5 Å². The molecule has 0 unspecified atom stereocenters. The molecule has 4 nitrogen and oxygen atoms in total. The van der Waals surface area contributed by atoms with Crippen LogP contribution in [0.3, 0.4) is 0 Å². The van der Waals surface area contributed by atoms with Crippen molar-refractivity contribution in [2.75, 3.05) is 13.1 Å². The van der Waals surface area contributed by atoms with E-state index >= 15 is 0 Å². The van der Waals surface area contributed by atoms with Crippen LogP contribution >= 0.6 is 0 Å². The minimum atomic E-state index is 0.393. The number of rotatable bonds is 2. The van der Waals surface area contributed by atoms with Gasteiger partial charge in [-0.15, -0.1) is 0 Å². The highest BCUT2D eigenvalue weighted by Crippen LogP contribution is 2.13. The van der Waals surface area contributed by atoms with Crippen molar-refractivity contribution in [3.8, 4) is 0 Å². The lowest BCUT2D eigenvalue weighted by Gasteiger charge is -2.17. The van der Waals surface area contributed by atoms with Gasteiger partial charge in [0.2, 0.25) is 0 Å². The van der Waals surface area contributed by atoms with Crippen LogP contribution < -0.4 is 5.32 Å². The quantitative estimate of drug-likeness (QED) is 0.724. The number of aromatic nitrogens is 1. The normalized spacial score (nSPS) is 18.9. The zero-order chi connectivity index (χ0) is 9.64. The molecule has 1 aromatic rings. The lowest BCUT2D eigenvalue weighted by atomic mass is 10.1. The van der Waals surface area contributed by atoms with Gasteiger partial charge in [0.25, 0.3) is 0 Å². The molecule has 0 spiro atoms. The molecule has 14 heavy (non-hydrogen) atoms. The Kier molecular flexibility index (Phi) is 3.19. The van der Waals surface area contributed by atoms with Crippen molar-refractivity contribution in [2.45, 2.75) is 18.9 Å². The van der Waals surface area contributed by atoms with Gasteiger partial charge in [-0.3, -0.25) is 4.98 Å². The molecule has 1 aliphatic rings. The van der Waals surface area contributed by atoms with Crippen molar-refractivity contribution in [1.29, 1.82) is 0 Å². The number of hydrogen-bond acceptors (Lipinski definition) is 4. The van der Waals surface area contributed by atoms with Crippen molar-refractivity contribution < 1.29 is 0 Å². The van der Waals surface area contributed by atoms with Gasteiger partial charge in [0.15, 0.2) is 0 Å². The van der Waals surface area contributed by atoms with E-state index in [1.807, 2.05) is 12.1 Å².